The third-order valence-electron chi connectivity index (χ3n) is 2.67. The lowest BCUT2D eigenvalue weighted by atomic mass is 10.0. The molecule has 1 aliphatic carbocycles. The van der Waals surface area contributed by atoms with Gasteiger partial charge in [0, 0.05) is 11.9 Å². The van der Waals surface area contributed by atoms with Gasteiger partial charge in [-0.3, -0.25) is 0 Å². The summed E-state index contributed by atoms with van der Waals surface area (Å²) >= 11 is 1.01. The Bertz CT molecular complexity index is 178. The zero-order valence-corrected chi connectivity index (χ0v) is 9.41. The van der Waals surface area contributed by atoms with Gasteiger partial charge < -0.3 is 5.11 Å². The molecule has 1 unspecified atom stereocenters. The van der Waals surface area contributed by atoms with Crippen molar-refractivity contribution >= 4 is 11.8 Å². The van der Waals surface area contributed by atoms with Crippen LogP contribution in [0.3, 0.4) is 0 Å². The number of alkyl halides is 3. The highest BCUT2D eigenvalue weighted by atomic mass is 32.2. The predicted molar refractivity (Wildman–Crippen MR) is 56.0 cm³/mol. The average molecular weight is 242 g/mol. The first-order chi connectivity index (χ1) is 7.04. The van der Waals surface area contributed by atoms with E-state index in [0.29, 0.717) is 0 Å². The lowest BCUT2D eigenvalue weighted by Crippen LogP contribution is -2.29. The molecular formula is C10H17F3OS. The van der Waals surface area contributed by atoms with Crippen LogP contribution >= 0.6 is 11.8 Å². The Morgan fingerprint density at radius 1 is 1.20 bits per heavy atom. The van der Waals surface area contributed by atoms with Crippen LogP contribution in [-0.4, -0.2) is 28.4 Å². The molecule has 0 spiro atoms. The first kappa shape index (κ1) is 13.2. The van der Waals surface area contributed by atoms with Crippen LogP contribution in [-0.2, 0) is 0 Å². The van der Waals surface area contributed by atoms with Crippen LogP contribution < -0.4 is 0 Å². The van der Waals surface area contributed by atoms with E-state index in [9.17, 15) is 13.2 Å². The van der Waals surface area contributed by atoms with Crippen LogP contribution in [0.5, 0.6) is 0 Å². The van der Waals surface area contributed by atoms with Gasteiger partial charge in [-0.1, -0.05) is 19.3 Å². The maximum absolute atomic E-state index is 12.5. The van der Waals surface area contributed by atoms with E-state index in [1.807, 2.05) is 0 Å². The van der Waals surface area contributed by atoms with Crippen LogP contribution in [0.25, 0.3) is 0 Å². The van der Waals surface area contributed by atoms with Crippen molar-refractivity contribution in [1.82, 2.24) is 0 Å². The molecule has 1 N–H and O–H groups in total. The van der Waals surface area contributed by atoms with E-state index in [-0.39, 0.29) is 18.3 Å². The molecule has 1 rings (SSSR count). The number of halogens is 3. The fourth-order valence-corrected chi connectivity index (χ4v) is 3.33. The summed E-state index contributed by atoms with van der Waals surface area (Å²) in [5.41, 5.74) is 0. The summed E-state index contributed by atoms with van der Waals surface area (Å²) in [6.45, 7) is -0.385. The van der Waals surface area contributed by atoms with Gasteiger partial charge in [0.15, 0.2) is 0 Å². The molecule has 0 amide bonds. The molecule has 5 heteroatoms. The third-order valence-corrected chi connectivity index (χ3v) is 4.35. The van der Waals surface area contributed by atoms with Crippen molar-refractivity contribution in [1.29, 1.82) is 0 Å². The van der Waals surface area contributed by atoms with Crippen LogP contribution in [0.15, 0.2) is 0 Å². The Labute approximate surface area is 92.4 Å². The molecule has 15 heavy (non-hydrogen) atoms. The lowest BCUT2D eigenvalue weighted by Gasteiger charge is -2.27. The van der Waals surface area contributed by atoms with E-state index in [0.717, 1.165) is 43.9 Å². The van der Waals surface area contributed by atoms with E-state index >= 15 is 0 Å². The highest BCUT2D eigenvalue weighted by Gasteiger charge is 2.40. The van der Waals surface area contributed by atoms with Crippen molar-refractivity contribution in [3.05, 3.63) is 0 Å². The van der Waals surface area contributed by atoms with Gasteiger partial charge in [0.2, 0.25) is 0 Å². The SMILES string of the molecule is OCCC(SC1CCCCC1)C(F)(F)F. The van der Waals surface area contributed by atoms with E-state index in [1.165, 1.54) is 0 Å². The summed E-state index contributed by atoms with van der Waals surface area (Å²) in [4.78, 5) is 0. The number of rotatable bonds is 4. The van der Waals surface area contributed by atoms with E-state index in [2.05, 4.69) is 0 Å². The maximum Gasteiger partial charge on any atom is 0.400 e. The van der Waals surface area contributed by atoms with Gasteiger partial charge in [-0.05, 0) is 19.3 Å². The average Bonchev–Trinajstić information content (AvgIpc) is 2.17. The normalized spacial score (nSPS) is 21.6. The second kappa shape index (κ2) is 5.99. The van der Waals surface area contributed by atoms with Crippen LogP contribution in [0.1, 0.15) is 38.5 Å². The van der Waals surface area contributed by atoms with Gasteiger partial charge in [-0.25, -0.2) is 0 Å². The molecule has 0 radical (unpaired) electrons. The number of hydrogen-bond donors (Lipinski definition) is 1. The lowest BCUT2D eigenvalue weighted by molar-refractivity contribution is -0.131. The molecule has 0 aromatic carbocycles. The quantitative estimate of drug-likeness (QED) is 0.815. The molecule has 0 bridgehead atoms. The minimum absolute atomic E-state index is 0.136. The van der Waals surface area contributed by atoms with Crippen molar-refractivity contribution < 1.29 is 18.3 Å². The van der Waals surface area contributed by atoms with Gasteiger partial charge in [0.1, 0.15) is 5.25 Å². The van der Waals surface area contributed by atoms with Crippen molar-refractivity contribution in [2.45, 2.75) is 55.2 Å². The summed E-state index contributed by atoms with van der Waals surface area (Å²) < 4.78 is 37.6. The Kier molecular flexibility index (Phi) is 5.26. The van der Waals surface area contributed by atoms with Gasteiger partial charge >= 0.3 is 6.18 Å². The number of thioether (sulfide) groups is 1. The first-order valence-electron chi connectivity index (χ1n) is 5.37. The van der Waals surface area contributed by atoms with E-state index < -0.39 is 11.4 Å². The molecule has 1 nitrogen and oxygen atoms in total. The molecule has 1 fully saturated rings. The molecule has 90 valence electrons. The summed E-state index contributed by atoms with van der Waals surface area (Å²) in [6.07, 6.45) is 0.664. The predicted octanol–water partition coefficient (Wildman–Crippen LogP) is 3.37. The number of aliphatic hydroxyl groups is 1. The topological polar surface area (TPSA) is 20.2 Å². The van der Waals surface area contributed by atoms with E-state index in [1.54, 1.807) is 0 Å². The number of aliphatic hydroxyl groups excluding tert-OH is 1. The van der Waals surface area contributed by atoms with Crippen molar-refractivity contribution in [3.63, 3.8) is 0 Å². The largest absolute Gasteiger partial charge is 0.400 e. The van der Waals surface area contributed by atoms with Gasteiger partial charge in [0.25, 0.3) is 0 Å². The first-order valence-corrected chi connectivity index (χ1v) is 6.31. The van der Waals surface area contributed by atoms with Crippen molar-refractivity contribution in [2.24, 2.45) is 0 Å². The van der Waals surface area contributed by atoms with E-state index in [4.69, 9.17) is 5.11 Å². The van der Waals surface area contributed by atoms with Gasteiger partial charge in [0.05, 0.1) is 0 Å². The second-order valence-electron chi connectivity index (χ2n) is 3.94. The van der Waals surface area contributed by atoms with Crippen LogP contribution in [0.2, 0.25) is 0 Å². The zero-order valence-electron chi connectivity index (χ0n) is 8.59. The minimum atomic E-state index is -4.18. The molecule has 1 aliphatic rings. The van der Waals surface area contributed by atoms with Crippen molar-refractivity contribution in [3.8, 4) is 0 Å². The highest BCUT2D eigenvalue weighted by molar-refractivity contribution is 8.00. The smallest absolute Gasteiger partial charge is 0.396 e. The Balaban J connectivity index is 2.42. The summed E-state index contributed by atoms with van der Waals surface area (Å²) in [5.74, 6) is 0. The zero-order chi connectivity index (χ0) is 11.3. The highest BCUT2D eigenvalue weighted by Crippen LogP contribution is 2.39. The molecular weight excluding hydrogens is 225 g/mol. The second-order valence-corrected chi connectivity index (χ2v) is 5.45. The molecule has 0 saturated heterocycles. The summed E-state index contributed by atoms with van der Waals surface area (Å²) in [7, 11) is 0. The molecule has 0 aliphatic heterocycles. The summed E-state index contributed by atoms with van der Waals surface area (Å²) in [6, 6.07) is 0. The van der Waals surface area contributed by atoms with Crippen molar-refractivity contribution in [2.75, 3.05) is 6.61 Å². The molecule has 1 saturated carbocycles. The fourth-order valence-electron chi connectivity index (χ4n) is 1.86. The molecule has 1 atom stereocenters. The molecule has 0 heterocycles. The number of hydrogen-bond acceptors (Lipinski definition) is 2. The Morgan fingerprint density at radius 2 is 1.80 bits per heavy atom. The van der Waals surface area contributed by atoms with Gasteiger partial charge in [-0.15, -0.1) is 11.8 Å². The van der Waals surface area contributed by atoms with Crippen LogP contribution in [0, 0.1) is 0 Å². The Morgan fingerprint density at radius 3 is 2.27 bits per heavy atom. The molecule has 0 aromatic heterocycles. The molecule has 0 aromatic rings. The Hall–Kier alpha value is 0.100. The fraction of sp³-hybridized carbons (Fsp3) is 1.00. The maximum atomic E-state index is 12.5. The van der Waals surface area contributed by atoms with Gasteiger partial charge in [-0.2, -0.15) is 13.2 Å². The monoisotopic (exact) mass is 242 g/mol. The standard InChI is InChI=1S/C10H17F3OS/c11-10(12,13)9(6-7-14)15-8-4-2-1-3-5-8/h8-9,14H,1-7H2. The third kappa shape index (κ3) is 4.64. The van der Waals surface area contributed by atoms with Crippen LogP contribution in [0.4, 0.5) is 13.2 Å². The minimum Gasteiger partial charge on any atom is -0.396 e. The summed E-state index contributed by atoms with van der Waals surface area (Å²) in [5, 5.41) is 7.37.